The Labute approximate surface area is 157 Å². The number of aliphatic hydroxyl groups excluding tert-OH is 3. The SMILES string of the molecule is C[C@H](CO)[C@@H](O)[C@@H](O)[C@@H](C)n1cnc2c(NC3CCCC3)nc(Cl)nc21. The van der Waals surface area contributed by atoms with E-state index < -0.39 is 24.2 Å². The molecule has 8 nitrogen and oxygen atoms in total. The van der Waals surface area contributed by atoms with Gasteiger partial charge in [0.25, 0.3) is 0 Å². The van der Waals surface area contributed by atoms with Crippen LogP contribution < -0.4 is 5.32 Å². The number of fused-ring (bicyclic) bond motifs is 1. The van der Waals surface area contributed by atoms with Crippen LogP contribution in [0.4, 0.5) is 5.82 Å². The van der Waals surface area contributed by atoms with Crippen LogP contribution in [0.5, 0.6) is 0 Å². The summed E-state index contributed by atoms with van der Waals surface area (Å²) in [6, 6.07) is -0.154. The highest BCUT2D eigenvalue weighted by molar-refractivity contribution is 6.28. The fourth-order valence-corrected chi connectivity index (χ4v) is 3.61. The summed E-state index contributed by atoms with van der Waals surface area (Å²) in [7, 11) is 0. The lowest BCUT2D eigenvalue weighted by Crippen LogP contribution is -2.39. The van der Waals surface area contributed by atoms with E-state index in [2.05, 4.69) is 20.3 Å². The molecule has 0 spiro atoms. The van der Waals surface area contributed by atoms with Crippen molar-refractivity contribution < 1.29 is 15.3 Å². The molecule has 0 amide bonds. The van der Waals surface area contributed by atoms with Gasteiger partial charge < -0.3 is 25.2 Å². The Morgan fingerprint density at radius 3 is 2.58 bits per heavy atom. The molecular formula is C17H26ClN5O3. The lowest BCUT2D eigenvalue weighted by molar-refractivity contribution is -0.0470. The Morgan fingerprint density at radius 2 is 1.92 bits per heavy atom. The maximum atomic E-state index is 10.5. The predicted molar refractivity (Wildman–Crippen MR) is 99.2 cm³/mol. The zero-order valence-electron chi connectivity index (χ0n) is 15.0. The Kier molecular flexibility index (Phi) is 5.96. The number of imidazole rings is 1. The molecule has 26 heavy (non-hydrogen) atoms. The van der Waals surface area contributed by atoms with Gasteiger partial charge in [-0.3, -0.25) is 0 Å². The van der Waals surface area contributed by atoms with Gasteiger partial charge >= 0.3 is 0 Å². The summed E-state index contributed by atoms with van der Waals surface area (Å²) in [5.74, 6) is 0.150. The average Bonchev–Trinajstić information content (AvgIpc) is 3.28. The van der Waals surface area contributed by atoms with E-state index in [1.54, 1.807) is 24.7 Å². The van der Waals surface area contributed by atoms with Crippen LogP contribution in [0, 0.1) is 5.92 Å². The summed E-state index contributed by atoms with van der Waals surface area (Å²) in [5, 5.41) is 33.4. The second kappa shape index (κ2) is 8.04. The number of nitrogens with one attached hydrogen (secondary N) is 1. The van der Waals surface area contributed by atoms with Crippen molar-refractivity contribution in [2.45, 2.75) is 63.8 Å². The minimum Gasteiger partial charge on any atom is -0.396 e. The molecule has 0 aromatic carbocycles. The van der Waals surface area contributed by atoms with E-state index >= 15 is 0 Å². The Balaban J connectivity index is 1.91. The average molecular weight is 384 g/mol. The van der Waals surface area contributed by atoms with E-state index in [9.17, 15) is 15.3 Å². The number of hydrogen-bond donors (Lipinski definition) is 4. The normalized spacial score (nSPS) is 20.2. The van der Waals surface area contributed by atoms with Gasteiger partial charge in [-0.2, -0.15) is 9.97 Å². The molecule has 1 aliphatic rings. The van der Waals surface area contributed by atoms with Crippen LogP contribution in [0.3, 0.4) is 0 Å². The topological polar surface area (TPSA) is 116 Å². The van der Waals surface area contributed by atoms with Crippen molar-refractivity contribution in [3.05, 3.63) is 11.6 Å². The van der Waals surface area contributed by atoms with Crippen LogP contribution in [0.25, 0.3) is 11.2 Å². The Morgan fingerprint density at radius 1 is 1.23 bits per heavy atom. The molecule has 0 unspecified atom stereocenters. The number of nitrogens with zero attached hydrogens (tertiary/aromatic N) is 4. The van der Waals surface area contributed by atoms with Crippen molar-refractivity contribution in [3.8, 4) is 0 Å². The third-order valence-electron chi connectivity index (χ3n) is 5.24. The van der Waals surface area contributed by atoms with E-state index in [4.69, 9.17) is 11.6 Å². The molecular weight excluding hydrogens is 358 g/mol. The lowest BCUT2D eigenvalue weighted by Gasteiger charge is -2.28. The predicted octanol–water partition coefficient (Wildman–Crippen LogP) is 1.75. The molecule has 4 N–H and O–H groups in total. The van der Waals surface area contributed by atoms with E-state index in [1.807, 2.05) is 0 Å². The van der Waals surface area contributed by atoms with Gasteiger partial charge in [-0.15, -0.1) is 0 Å². The molecule has 1 fully saturated rings. The molecule has 2 heterocycles. The molecule has 9 heteroatoms. The maximum Gasteiger partial charge on any atom is 0.226 e. The van der Waals surface area contributed by atoms with Crippen molar-refractivity contribution in [3.63, 3.8) is 0 Å². The highest BCUT2D eigenvalue weighted by Gasteiger charge is 2.30. The van der Waals surface area contributed by atoms with Crippen LogP contribution in [-0.2, 0) is 0 Å². The maximum absolute atomic E-state index is 10.5. The minimum absolute atomic E-state index is 0.103. The number of aliphatic hydroxyl groups is 3. The highest BCUT2D eigenvalue weighted by atomic mass is 35.5. The molecule has 144 valence electrons. The fraction of sp³-hybridized carbons (Fsp3) is 0.706. The molecule has 1 saturated carbocycles. The standard InChI is InChI=1S/C17H26ClN5O3/c1-9(7-24)13(25)14(26)10(2)23-8-19-12-15(20-11-5-3-4-6-11)21-17(18)22-16(12)23/h8-11,13-14,24-26H,3-7H2,1-2H3,(H,20,21,22)/t9-,10-,13-,14+/m1/s1. The fourth-order valence-electron chi connectivity index (χ4n) is 3.45. The number of rotatable bonds is 7. The van der Waals surface area contributed by atoms with Gasteiger partial charge in [0.2, 0.25) is 5.28 Å². The van der Waals surface area contributed by atoms with Gasteiger partial charge in [0.15, 0.2) is 17.0 Å². The van der Waals surface area contributed by atoms with Crippen molar-refractivity contribution in [2.24, 2.45) is 5.92 Å². The molecule has 0 saturated heterocycles. The van der Waals surface area contributed by atoms with Gasteiger partial charge in [-0.1, -0.05) is 19.8 Å². The third-order valence-corrected chi connectivity index (χ3v) is 5.41. The second-order valence-electron chi connectivity index (χ2n) is 7.17. The van der Waals surface area contributed by atoms with Gasteiger partial charge in [-0.05, 0) is 31.4 Å². The van der Waals surface area contributed by atoms with Gasteiger partial charge in [0.05, 0.1) is 18.5 Å². The van der Waals surface area contributed by atoms with Crippen LogP contribution >= 0.6 is 11.6 Å². The van der Waals surface area contributed by atoms with Gasteiger partial charge in [-0.25, -0.2) is 4.98 Å². The smallest absolute Gasteiger partial charge is 0.226 e. The van der Waals surface area contributed by atoms with Crippen molar-refractivity contribution in [2.75, 3.05) is 11.9 Å². The second-order valence-corrected chi connectivity index (χ2v) is 7.51. The summed E-state index contributed by atoms with van der Waals surface area (Å²) >= 11 is 6.11. The van der Waals surface area contributed by atoms with Crippen molar-refractivity contribution in [1.82, 2.24) is 19.5 Å². The Hall–Kier alpha value is -1.48. The molecule has 2 aromatic rings. The zero-order chi connectivity index (χ0) is 18.8. The summed E-state index contributed by atoms with van der Waals surface area (Å²) in [4.78, 5) is 13.0. The van der Waals surface area contributed by atoms with Crippen LogP contribution in [0.15, 0.2) is 6.33 Å². The molecule has 1 aliphatic carbocycles. The summed E-state index contributed by atoms with van der Waals surface area (Å²) < 4.78 is 1.68. The van der Waals surface area contributed by atoms with Gasteiger partial charge in [0, 0.05) is 18.6 Å². The Bertz CT molecular complexity index is 749. The lowest BCUT2D eigenvalue weighted by atomic mass is 9.96. The van der Waals surface area contributed by atoms with Crippen LogP contribution in [0.2, 0.25) is 5.28 Å². The summed E-state index contributed by atoms with van der Waals surface area (Å²) in [6.07, 6.45) is 3.97. The minimum atomic E-state index is -1.09. The van der Waals surface area contributed by atoms with E-state index in [0.717, 1.165) is 12.8 Å². The molecule has 0 bridgehead atoms. The first-order valence-corrected chi connectivity index (χ1v) is 9.43. The molecule has 2 aromatic heterocycles. The number of anilines is 1. The monoisotopic (exact) mass is 383 g/mol. The highest BCUT2D eigenvalue weighted by Crippen LogP contribution is 2.29. The number of hydrogen-bond acceptors (Lipinski definition) is 7. The first-order chi connectivity index (χ1) is 12.4. The summed E-state index contributed by atoms with van der Waals surface area (Å²) in [5.41, 5.74) is 1.09. The third kappa shape index (κ3) is 3.78. The first kappa shape index (κ1) is 19.3. The van der Waals surface area contributed by atoms with E-state index in [-0.39, 0.29) is 11.9 Å². The number of halogens is 1. The number of aromatic nitrogens is 4. The van der Waals surface area contributed by atoms with E-state index in [0.29, 0.717) is 23.0 Å². The van der Waals surface area contributed by atoms with Crippen molar-refractivity contribution in [1.29, 1.82) is 0 Å². The zero-order valence-corrected chi connectivity index (χ0v) is 15.8. The van der Waals surface area contributed by atoms with Crippen molar-refractivity contribution >= 4 is 28.6 Å². The first-order valence-electron chi connectivity index (χ1n) is 9.06. The molecule has 3 rings (SSSR count). The molecule has 0 radical (unpaired) electrons. The summed E-state index contributed by atoms with van der Waals surface area (Å²) in [6.45, 7) is 3.23. The van der Waals surface area contributed by atoms with Crippen LogP contribution in [0.1, 0.15) is 45.6 Å². The molecule has 0 aliphatic heterocycles. The largest absolute Gasteiger partial charge is 0.396 e. The quantitative estimate of drug-likeness (QED) is 0.538. The van der Waals surface area contributed by atoms with Crippen LogP contribution in [-0.4, -0.2) is 59.7 Å². The molecule has 4 atom stereocenters. The van der Waals surface area contributed by atoms with E-state index in [1.165, 1.54) is 12.8 Å². The van der Waals surface area contributed by atoms with Gasteiger partial charge in [0.1, 0.15) is 6.10 Å².